The van der Waals surface area contributed by atoms with Gasteiger partial charge in [-0.3, -0.25) is 19.4 Å². The number of H-pyrrole nitrogens is 1. The Morgan fingerprint density at radius 3 is 3.00 bits per heavy atom. The molecule has 0 saturated heterocycles. The zero-order valence-corrected chi connectivity index (χ0v) is 12.5. The number of aryl methyl sites for hydroxylation is 2. The lowest BCUT2D eigenvalue weighted by molar-refractivity contribution is 0.0941. The van der Waals surface area contributed by atoms with Gasteiger partial charge in [-0.25, -0.2) is 0 Å². The topological polar surface area (TPSA) is 66.9 Å². The number of hydrogen-bond donors (Lipinski definition) is 2. The SMILES string of the molecule is Cn1[nH]c(=O)cc1C(=O)NCC1C2CCc3ccccc3C21. The van der Waals surface area contributed by atoms with E-state index in [1.165, 1.54) is 28.3 Å². The van der Waals surface area contributed by atoms with Crippen LogP contribution in [0.15, 0.2) is 35.1 Å². The lowest BCUT2D eigenvalue weighted by Crippen LogP contribution is -2.28. The molecule has 0 radical (unpaired) electrons. The number of aromatic amines is 1. The van der Waals surface area contributed by atoms with E-state index in [9.17, 15) is 9.59 Å². The molecule has 1 aromatic heterocycles. The van der Waals surface area contributed by atoms with Crippen molar-refractivity contribution in [2.75, 3.05) is 6.54 Å². The molecule has 3 atom stereocenters. The Bertz CT molecular complexity index is 789. The fourth-order valence-electron chi connectivity index (χ4n) is 3.99. The number of nitrogens with one attached hydrogen (secondary N) is 2. The number of amides is 1. The van der Waals surface area contributed by atoms with Crippen molar-refractivity contribution in [2.45, 2.75) is 18.8 Å². The van der Waals surface area contributed by atoms with E-state index < -0.39 is 0 Å². The third kappa shape index (κ3) is 2.08. The van der Waals surface area contributed by atoms with Gasteiger partial charge in [-0.15, -0.1) is 0 Å². The minimum Gasteiger partial charge on any atom is -0.350 e. The Balaban J connectivity index is 1.43. The van der Waals surface area contributed by atoms with Crippen LogP contribution in [-0.2, 0) is 13.5 Å². The minimum atomic E-state index is -0.248. The van der Waals surface area contributed by atoms with Gasteiger partial charge in [-0.05, 0) is 41.7 Å². The third-order valence-corrected chi connectivity index (χ3v) is 5.13. The second-order valence-electron chi connectivity index (χ2n) is 6.37. The van der Waals surface area contributed by atoms with Gasteiger partial charge in [0.25, 0.3) is 11.5 Å². The highest BCUT2D eigenvalue weighted by Crippen LogP contribution is 2.59. The van der Waals surface area contributed by atoms with Gasteiger partial charge in [0, 0.05) is 19.7 Å². The van der Waals surface area contributed by atoms with Gasteiger partial charge in [-0.1, -0.05) is 24.3 Å². The first kappa shape index (κ1) is 13.4. The van der Waals surface area contributed by atoms with Crippen LogP contribution in [0, 0.1) is 11.8 Å². The van der Waals surface area contributed by atoms with E-state index in [2.05, 4.69) is 34.7 Å². The number of carbonyl (C=O) groups excluding carboxylic acids is 1. The second-order valence-corrected chi connectivity index (χ2v) is 6.37. The fourth-order valence-corrected chi connectivity index (χ4v) is 3.99. The first-order valence-corrected chi connectivity index (χ1v) is 7.77. The van der Waals surface area contributed by atoms with Gasteiger partial charge in [0.15, 0.2) is 0 Å². The molecule has 22 heavy (non-hydrogen) atoms. The molecule has 5 heteroatoms. The molecule has 2 aliphatic rings. The van der Waals surface area contributed by atoms with Crippen molar-refractivity contribution in [3.8, 4) is 0 Å². The standard InChI is InChI=1S/C17H19N3O2/c1-20-14(8-15(21)19-20)17(22)18-9-13-12-7-6-10-4-2-3-5-11(10)16(12)13/h2-5,8,12-13,16H,6-7,9H2,1H3,(H,18,22)(H,19,21). The predicted octanol–water partition coefficient (Wildman–Crippen LogP) is 1.42. The smallest absolute Gasteiger partial charge is 0.269 e. The van der Waals surface area contributed by atoms with Gasteiger partial charge in [0.1, 0.15) is 5.69 Å². The van der Waals surface area contributed by atoms with E-state index in [1.54, 1.807) is 7.05 Å². The number of carbonyl (C=O) groups is 1. The summed E-state index contributed by atoms with van der Waals surface area (Å²) >= 11 is 0. The molecule has 1 fully saturated rings. The minimum absolute atomic E-state index is 0.183. The average Bonchev–Trinajstić information content (AvgIpc) is 3.13. The Hall–Kier alpha value is -2.30. The molecule has 2 N–H and O–H groups in total. The van der Waals surface area contributed by atoms with E-state index in [0.717, 1.165) is 6.42 Å². The van der Waals surface area contributed by atoms with Gasteiger partial charge in [0.05, 0.1) is 0 Å². The zero-order valence-electron chi connectivity index (χ0n) is 12.5. The summed E-state index contributed by atoms with van der Waals surface area (Å²) in [6.45, 7) is 0.682. The molecular formula is C17H19N3O2. The second kappa shape index (κ2) is 4.87. The average molecular weight is 297 g/mol. The molecule has 4 rings (SSSR count). The highest BCUT2D eigenvalue weighted by molar-refractivity contribution is 5.92. The van der Waals surface area contributed by atoms with E-state index in [1.807, 2.05) is 0 Å². The summed E-state index contributed by atoms with van der Waals surface area (Å²) in [6, 6.07) is 9.99. The maximum absolute atomic E-state index is 12.2. The maximum atomic E-state index is 12.2. The Kier molecular flexibility index (Phi) is 2.96. The van der Waals surface area contributed by atoms with Crippen LogP contribution in [-0.4, -0.2) is 22.2 Å². The van der Waals surface area contributed by atoms with E-state index in [-0.39, 0.29) is 11.5 Å². The maximum Gasteiger partial charge on any atom is 0.269 e. The molecule has 1 heterocycles. The van der Waals surface area contributed by atoms with Crippen molar-refractivity contribution in [1.82, 2.24) is 15.1 Å². The summed E-state index contributed by atoms with van der Waals surface area (Å²) in [5.41, 5.74) is 3.06. The van der Waals surface area contributed by atoms with Crippen LogP contribution >= 0.6 is 0 Å². The highest BCUT2D eigenvalue weighted by atomic mass is 16.2. The van der Waals surface area contributed by atoms with Crippen molar-refractivity contribution in [3.05, 3.63) is 57.5 Å². The third-order valence-electron chi connectivity index (χ3n) is 5.13. The molecule has 1 aromatic carbocycles. The quantitative estimate of drug-likeness (QED) is 0.900. The van der Waals surface area contributed by atoms with Gasteiger partial charge < -0.3 is 5.32 Å². The number of fused-ring (bicyclic) bond motifs is 3. The first-order valence-electron chi connectivity index (χ1n) is 7.77. The van der Waals surface area contributed by atoms with Gasteiger partial charge in [-0.2, -0.15) is 0 Å². The van der Waals surface area contributed by atoms with Crippen molar-refractivity contribution in [1.29, 1.82) is 0 Å². The summed E-state index contributed by atoms with van der Waals surface area (Å²) in [7, 11) is 1.67. The first-order chi connectivity index (χ1) is 10.6. The molecule has 2 aromatic rings. The van der Waals surface area contributed by atoms with Crippen LogP contribution in [0.25, 0.3) is 0 Å². The molecule has 1 saturated carbocycles. The Morgan fingerprint density at radius 1 is 1.41 bits per heavy atom. The number of hydrogen-bond acceptors (Lipinski definition) is 2. The van der Waals surface area contributed by atoms with Gasteiger partial charge >= 0.3 is 0 Å². The van der Waals surface area contributed by atoms with Gasteiger partial charge in [0.2, 0.25) is 0 Å². The Labute approximate surface area is 128 Å². The number of rotatable bonds is 3. The number of aromatic nitrogens is 2. The van der Waals surface area contributed by atoms with Crippen molar-refractivity contribution in [2.24, 2.45) is 18.9 Å². The molecular weight excluding hydrogens is 278 g/mol. The van der Waals surface area contributed by atoms with Crippen molar-refractivity contribution in [3.63, 3.8) is 0 Å². The van der Waals surface area contributed by atoms with E-state index in [4.69, 9.17) is 0 Å². The van der Waals surface area contributed by atoms with E-state index in [0.29, 0.717) is 30.0 Å². The summed E-state index contributed by atoms with van der Waals surface area (Å²) in [6.07, 6.45) is 2.36. The van der Waals surface area contributed by atoms with Crippen LogP contribution in [0.3, 0.4) is 0 Å². The predicted molar refractivity (Wildman–Crippen MR) is 82.9 cm³/mol. The highest BCUT2D eigenvalue weighted by Gasteiger charge is 2.52. The number of benzene rings is 1. The summed E-state index contributed by atoms with van der Waals surface area (Å²) in [5.74, 6) is 1.65. The van der Waals surface area contributed by atoms with Crippen LogP contribution < -0.4 is 10.9 Å². The lowest BCUT2D eigenvalue weighted by Gasteiger charge is -2.13. The normalized spacial score (nSPS) is 25.2. The zero-order chi connectivity index (χ0) is 15.3. The Morgan fingerprint density at radius 2 is 2.23 bits per heavy atom. The molecule has 0 bridgehead atoms. The summed E-state index contributed by atoms with van der Waals surface area (Å²) in [4.78, 5) is 23.4. The summed E-state index contributed by atoms with van der Waals surface area (Å²) in [5, 5.41) is 5.54. The summed E-state index contributed by atoms with van der Waals surface area (Å²) < 4.78 is 1.47. The molecule has 3 unspecified atom stereocenters. The van der Waals surface area contributed by atoms with Crippen molar-refractivity contribution < 1.29 is 4.79 Å². The number of nitrogens with zero attached hydrogens (tertiary/aromatic N) is 1. The van der Waals surface area contributed by atoms with Crippen LogP contribution in [0.2, 0.25) is 0 Å². The molecule has 2 aliphatic carbocycles. The molecule has 114 valence electrons. The molecule has 0 spiro atoms. The lowest BCUT2D eigenvalue weighted by atomic mass is 9.92. The molecule has 5 nitrogen and oxygen atoms in total. The van der Waals surface area contributed by atoms with Crippen LogP contribution in [0.5, 0.6) is 0 Å². The van der Waals surface area contributed by atoms with Crippen LogP contribution in [0.1, 0.15) is 34.0 Å². The van der Waals surface area contributed by atoms with Crippen LogP contribution in [0.4, 0.5) is 0 Å². The molecule has 0 aliphatic heterocycles. The fraction of sp³-hybridized carbons (Fsp3) is 0.412. The monoisotopic (exact) mass is 297 g/mol. The largest absolute Gasteiger partial charge is 0.350 e. The molecule has 1 amide bonds. The van der Waals surface area contributed by atoms with E-state index >= 15 is 0 Å². The van der Waals surface area contributed by atoms with Crippen molar-refractivity contribution >= 4 is 5.91 Å².